The minimum Gasteiger partial charge on any atom is -0.396 e. The molecule has 2 rings (SSSR count). The first-order valence-electron chi connectivity index (χ1n) is 6.09. The predicted octanol–water partition coefficient (Wildman–Crippen LogP) is -1.10. The number of aromatic nitrogens is 5. The molecule has 0 saturated heterocycles. The summed E-state index contributed by atoms with van der Waals surface area (Å²) >= 11 is 0. The normalized spacial score (nSPS) is 11.8. The molecule has 0 aliphatic carbocycles. The maximum absolute atomic E-state index is 12.0. The van der Waals surface area contributed by atoms with Crippen molar-refractivity contribution in [3.63, 3.8) is 0 Å². The molecule has 2 aromatic heterocycles. The summed E-state index contributed by atoms with van der Waals surface area (Å²) in [6, 6.07) is 0. The van der Waals surface area contributed by atoms with Gasteiger partial charge in [-0.25, -0.2) is 18.1 Å². The fourth-order valence-corrected chi connectivity index (χ4v) is 2.56. The SMILES string of the molecule is O=S(=O)(NCCc1ncn[nH]1)c1cnn(CCCO)c1. The minimum absolute atomic E-state index is 0.0391. The first-order valence-corrected chi connectivity index (χ1v) is 7.57. The molecule has 0 saturated carbocycles. The number of hydrogen-bond donors (Lipinski definition) is 3. The Labute approximate surface area is 116 Å². The molecule has 0 unspecified atom stereocenters. The van der Waals surface area contributed by atoms with E-state index < -0.39 is 10.0 Å². The molecule has 0 radical (unpaired) electrons. The number of aliphatic hydroxyl groups excluding tert-OH is 1. The lowest BCUT2D eigenvalue weighted by molar-refractivity contribution is 0.277. The standard InChI is InChI=1S/C10H16N6O3S/c17-5-1-4-16-7-9(6-13-16)20(18,19)14-3-2-10-11-8-12-15-10/h6-8,14,17H,1-5H2,(H,11,12,15). The van der Waals surface area contributed by atoms with E-state index in [1.54, 1.807) is 0 Å². The van der Waals surface area contributed by atoms with Crippen LogP contribution in [0.15, 0.2) is 23.6 Å². The summed E-state index contributed by atoms with van der Waals surface area (Å²) in [6.45, 7) is 0.737. The van der Waals surface area contributed by atoms with E-state index in [1.165, 1.54) is 23.4 Å². The Kier molecular flexibility index (Phi) is 4.82. The van der Waals surface area contributed by atoms with Gasteiger partial charge in [0.2, 0.25) is 10.0 Å². The molecule has 0 aliphatic rings. The highest BCUT2D eigenvalue weighted by Crippen LogP contribution is 2.07. The molecule has 3 N–H and O–H groups in total. The molecule has 9 nitrogen and oxygen atoms in total. The van der Waals surface area contributed by atoms with Gasteiger partial charge in [-0.15, -0.1) is 0 Å². The highest BCUT2D eigenvalue weighted by atomic mass is 32.2. The average Bonchev–Trinajstić information content (AvgIpc) is 3.07. The predicted molar refractivity (Wildman–Crippen MR) is 69.2 cm³/mol. The average molecular weight is 300 g/mol. The molecule has 20 heavy (non-hydrogen) atoms. The fourth-order valence-electron chi connectivity index (χ4n) is 1.58. The zero-order chi connectivity index (χ0) is 14.4. The lowest BCUT2D eigenvalue weighted by Gasteiger charge is -2.03. The van der Waals surface area contributed by atoms with Gasteiger partial charge in [-0.05, 0) is 6.42 Å². The number of hydrogen-bond acceptors (Lipinski definition) is 6. The van der Waals surface area contributed by atoms with Gasteiger partial charge in [-0.1, -0.05) is 0 Å². The van der Waals surface area contributed by atoms with E-state index in [9.17, 15) is 8.42 Å². The van der Waals surface area contributed by atoms with Crippen molar-refractivity contribution in [1.29, 1.82) is 0 Å². The van der Waals surface area contributed by atoms with E-state index in [1.807, 2.05) is 0 Å². The van der Waals surface area contributed by atoms with Crippen molar-refractivity contribution >= 4 is 10.0 Å². The van der Waals surface area contributed by atoms with Crippen molar-refractivity contribution in [2.75, 3.05) is 13.2 Å². The van der Waals surface area contributed by atoms with Gasteiger partial charge < -0.3 is 5.11 Å². The Balaban J connectivity index is 1.90. The Bertz CT molecular complexity index is 621. The monoisotopic (exact) mass is 300 g/mol. The zero-order valence-corrected chi connectivity index (χ0v) is 11.5. The van der Waals surface area contributed by atoms with Crippen LogP contribution in [0, 0.1) is 0 Å². The molecule has 0 aliphatic heterocycles. The van der Waals surface area contributed by atoms with E-state index in [4.69, 9.17) is 5.11 Å². The van der Waals surface area contributed by atoms with E-state index >= 15 is 0 Å². The van der Waals surface area contributed by atoms with Crippen LogP contribution in [0.1, 0.15) is 12.2 Å². The Morgan fingerprint density at radius 3 is 3.00 bits per heavy atom. The number of sulfonamides is 1. The second-order valence-electron chi connectivity index (χ2n) is 4.10. The number of nitrogens with one attached hydrogen (secondary N) is 2. The summed E-state index contributed by atoms with van der Waals surface area (Å²) in [6.07, 6.45) is 5.05. The molecule has 0 bridgehead atoms. The maximum atomic E-state index is 12.0. The summed E-state index contributed by atoms with van der Waals surface area (Å²) in [5, 5.41) is 19.0. The van der Waals surface area contributed by atoms with Crippen LogP contribution in [0.5, 0.6) is 0 Å². The van der Waals surface area contributed by atoms with Crippen LogP contribution >= 0.6 is 0 Å². The Morgan fingerprint density at radius 1 is 1.45 bits per heavy atom. The molecule has 2 aromatic rings. The second kappa shape index (κ2) is 6.59. The minimum atomic E-state index is -3.58. The quantitative estimate of drug-likeness (QED) is 0.568. The van der Waals surface area contributed by atoms with E-state index in [-0.39, 0.29) is 18.0 Å². The van der Waals surface area contributed by atoms with Crippen LogP contribution in [0.25, 0.3) is 0 Å². The summed E-state index contributed by atoms with van der Waals surface area (Å²) in [5.74, 6) is 0.617. The lowest BCUT2D eigenvalue weighted by Crippen LogP contribution is -2.26. The molecular formula is C10H16N6O3S. The first kappa shape index (κ1) is 14.6. The summed E-state index contributed by atoms with van der Waals surface area (Å²) < 4.78 is 27.9. The van der Waals surface area contributed by atoms with Crippen molar-refractivity contribution < 1.29 is 13.5 Å². The van der Waals surface area contributed by atoms with Gasteiger partial charge in [0.1, 0.15) is 17.0 Å². The van der Waals surface area contributed by atoms with Gasteiger partial charge in [0.25, 0.3) is 0 Å². The third-order valence-electron chi connectivity index (χ3n) is 2.58. The summed E-state index contributed by atoms with van der Waals surface area (Å²) in [5.41, 5.74) is 0. The molecule has 0 aromatic carbocycles. The van der Waals surface area contributed by atoms with Crippen LogP contribution in [0.4, 0.5) is 0 Å². The number of rotatable bonds is 8. The zero-order valence-electron chi connectivity index (χ0n) is 10.7. The fraction of sp³-hybridized carbons (Fsp3) is 0.500. The van der Waals surface area contributed by atoms with Gasteiger partial charge in [0.05, 0.1) is 6.20 Å². The van der Waals surface area contributed by atoms with Crippen LogP contribution in [-0.4, -0.2) is 51.6 Å². The highest BCUT2D eigenvalue weighted by Gasteiger charge is 2.16. The van der Waals surface area contributed by atoms with E-state index in [2.05, 4.69) is 25.0 Å². The van der Waals surface area contributed by atoms with Crippen molar-refractivity contribution in [2.24, 2.45) is 0 Å². The van der Waals surface area contributed by atoms with Gasteiger partial charge >= 0.3 is 0 Å². The Hall–Kier alpha value is -1.78. The molecular weight excluding hydrogens is 284 g/mol. The first-order chi connectivity index (χ1) is 9.62. The van der Waals surface area contributed by atoms with Crippen molar-refractivity contribution in [1.82, 2.24) is 29.7 Å². The van der Waals surface area contributed by atoms with Crippen molar-refractivity contribution in [2.45, 2.75) is 24.3 Å². The molecule has 0 fully saturated rings. The van der Waals surface area contributed by atoms with Crippen LogP contribution < -0.4 is 4.72 Å². The van der Waals surface area contributed by atoms with Crippen molar-refractivity contribution in [3.8, 4) is 0 Å². The molecule has 0 spiro atoms. The third kappa shape index (κ3) is 3.85. The van der Waals surface area contributed by atoms with Gasteiger partial charge in [-0.3, -0.25) is 9.78 Å². The van der Waals surface area contributed by atoms with Crippen LogP contribution in [0.3, 0.4) is 0 Å². The van der Waals surface area contributed by atoms with E-state index in [0.29, 0.717) is 25.2 Å². The smallest absolute Gasteiger partial charge is 0.243 e. The molecule has 10 heteroatoms. The van der Waals surface area contributed by atoms with E-state index in [0.717, 1.165) is 0 Å². The number of aliphatic hydroxyl groups is 1. The van der Waals surface area contributed by atoms with Crippen LogP contribution in [-0.2, 0) is 23.0 Å². The summed E-state index contributed by atoms with van der Waals surface area (Å²) in [4.78, 5) is 4.01. The molecule has 110 valence electrons. The van der Waals surface area contributed by atoms with Gasteiger partial charge in [-0.2, -0.15) is 10.2 Å². The van der Waals surface area contributed by atoms with Crippen molar-refractivity contribution in [3.05, 3.63) is 24.5 Å². The second-order valence-corrected chi connectivity index (χ2v) is 5.86. The largest absolute Gasteiger partial charge is 0.396 e. The highest BCUT2D eigenvalue weighted by molar-refractivity contribution is 7.89. The number of aromatic amines is 1. The molecule has 0 amide bonds. The topological polar surface area (TPSA) is 126 Å². The molecule has 2 heterocycles. The third-order valence-corrected chi connectivity index (χ3v) is 4.00. The Morgan fingerprint density at radius 2 is 2.30 bits per heavy atom. The number of nitrogens with zero attached hydrogens (tertiary/aromatic N) is 4. The van der Waals surface area contributed by atoms with Gasteiger partial charge in [0, 0.05) is 32.3 Å². The molecule has 0 atom stereocenters. The maximum Gasteiger partial charge on any atom is 0.243 e. The number of H-pyrrole nitrogens is 1. The van der Waals surface area contributed by atoms with Crippen LogP contribution in [0.2, 0.25) is 0 Å². The lowest BCUT2D eigenvalue weighted by atomic mass is 10.4. The number of aryl methyl sites for hydroxylation is 1. The van der Waals surface area contributed by atoms with Gasteiger partial charge in [0.15, 0.2) is 0 Å². The summed E-state index contributed by atoms with van der Waals surface area (Å²) in [7, 11) is -3.58.